The summed E-state index contributed by atoms with van der Waals surface area (Å²) >= 11 is 0. The van der Waals surface area contributed by atoms with Crippen molar-refractivity contribution in [3.05, 3.63) is 66.2 Å². The Labute approximate surface area is 174 Å². The van der Waals surface area contributed by atoms with Crippen molar-refractivity contribution in [1.29, 1.82) is 0 Å². The molecular weight excluding hydrogens is 411 g/mol. The molecule has 0 aliphatic carbocycles. The predicted molar refractivity (Wildman–Crippen MR) is 107 cm³/mol. The van der Waals surface area contributed by atoms with Crippen LogP contribution in [0.4, 0.5) is 13.2 Å². The van der Waals surface area contributed by atoms with Gasteiger partial charge in [-0.15, -0.1) is 0 Å². The SMILES string of the molecule is CC1COc2ccc(Oc3ccc4c(-c5ccc(C(F)(F)F)cc5)noc4c3)cc2O1. The Morgan fingerprint density at radius 3 is 2.45 bits per heavy atom. The maximum absolute atomic E-state index is 12.8. The summed E-state index contributed by atoms with van der Waals surface area (Å²) in [7, 11) is 0. The van der Waals surface area contributed by atoms with E-state index in [-0.39, 0.29) is 6.10 Å². The number of fused-ring (bicyclic) bond motifs is 2. The molecule has 1 unspecified atom stereocenters. The zero-order chi connectivity index (χ0) is 21.6. The van der Waals surface area contributed by atoms with Crippen molar-refractivity contribution in [2.45, 2.75) is 19.2 Å². The summed E-state index contributed by atoms with van der Waals surface area (Å²) < 4.78 is 61.0. The van der Waals surface area contributed by atoms with Gasteiger partial charge in [0.25, 0.3) is 0 Å². The first-order valence-corrected chi connectivity index (χ1v) is 9.55. The van der Waals surface area contributed by atoms with Gasteiger partial charge in [-0.25, -0.2) is 0 Å². The molecule has 1 aromatic heterocycles. The average Bonchev–Trinajstić information content (AvgIpc) is 3.16. The molecule has 1 aliphatic rings. The number of benzene rings is 3. The Balaban J connectivity index is 1.40. The minimum Gasteiger partial charge on any atom is -0.486 e. The van der Waals surface area contributed by atoms with E-state index in [0.29, 0.717) is 51.8 Å². The molecule has 31 heavy (non-hydrogen) atoms. The molecule has 4 aromatic rings. The molecule has 5 rings (SSSR count). The van der Waals surface area contributed by atoms with Crippen LogP contribution in [-0.2, 0) is 6.18 Å². The second kappa shape index (κ2) is 7.23. The summed E-state index contributed by atoms with van der Waals surface area (Å²) in [5.74, 6) is 2.37. The molecule has 0 amide bonds. The van der Waals surface area contributed by atoms with Crippen LogP contribution in [0.2, 0.25) is 0 Å². The summed E-state index contributed by atoms with van der Waals surface area (Å²) in [6.45, 7) is 2.42. The molecule has 0 saturated carbocycles. The van der Waals surface area contributed by atoms with Crippen LogP contribution in [0.15, 0.2) is 65.2 Å². The maximum Gasteiger partial charge on any atom is 0.416 e. The second-order valence-corrected chi connectivity index (χ2v) is 7.21. The zero-order valence-electron chi connectivity index (χ0n) is 16.3. The minimum absolute atomic E-state index is 0.0445. The van der Waals surface area contributed by atoms with Crippen LogP contribution in [0.25, 0.3) is 22.2 Å². The number of hydrogen-bond acceptors (Lipinski definition) is 5. The fraction of sp³-hybridized carbons (Fsp3) is 0.174. The first-order chi connectivity index (χ1) is 14.9. The summed E-state index contributed by atoms with van der Waals surface area (Å²) in [4.78, 5) is 0. The Hall–Kier alpha value is -3.68. The number of hydrogen-bond donors (Lipinski definition) is 0. The molecule has 2 heterocycles. The lowest BCUT2D eigenvalue weighted by Gasteiger charge is -2.24. The first kappa shape index (κ1) is 19.3. The van der Waals surface area contributed by atoms with E-state index in [1.807, 2.05) is 6.92 Å². The van der Waals surface area contributed by atoms with Crippen molar-refractivity contribution < 1.29 is 31.9 Å². The predicted octanol–water partition coefficient (Wildman–Crippen LogP) is 6.47. The molecule has 1 aliphatic heterocycles. The average molecular weight is 427 g/mol. The normalized spacial score (nSPS) is 15.8. The Bertz CT molecular complexity index is 1250. The molecule has 1 atom stereocenters. The van der Waals surface area contributed by atoms with Gasteiger partial charge in [0.05, 0.1) is 5.56 Å². The lowest BCUT2D eigenvalue weighted by Crippen LogP contribution is -2.25. The van der Waals surface area contributed by atoms with E-state index in [1.54, 1.807) is 36.4 Å². The Kier molecular flexibility index (Phi) is 4.50. The number of nitrogens with zero attached hydrogens (tertiary/aromatic N) is 1. The van der Waals surface area contributed by atoms with E-state index in [1.165, 1.54) is 12.1 Å². The molecule has 0 spiro atoms. The number of halogens is 3. The molecule has 3 aromatic carbocycles. The Morgan fingerprint density at radius 1 is 0.935 bits per heavy atom. The number of rotatable bonds is 3. The highest BCUT2D eigenvalue weighted by molar-refractivity contribution is 5.92. The van der Waals surface area contributed by atoms with Crippen LogP contribution >= 0.6 is 0 Å². The lowest BCUT2D eigenvalue weighted by molar-refractivity contribution is -0.137. The highest BCUT2D eigenvalue weighted by Gasteiger charge is 2.30. The number of ether oxygens (including phenoxy) is 3. The number of alkyl halides is 3. The standard InChI is InChI=1S/C23H16F3NO4/c1-13-12-28-19-9-7-17(11-21(19)29-13)30-16-6-8-18-20(10-16)31-27-22(18)14-2-4-15(5-3-14)23(24,25)26/h2-11,13H,12H2,1H3. The smallest absolute Gasteiger partial charge is 0.416 e. The van der Waals surface area contributed by atoms with Gasteiger partial charge in [0.15, 0.2) is 17.1 Å². The van der Waals surface area contributed by atoms with Crippen molar-refractivity contribution >= 4 is 11.0 Å². The van der Waals surface area contributed by atoms with Crippen LogP contribution in [-0.4, -0.2) is 17.9 Å². The van der Waals surface area contributed by atoms with Crippen molar-refractivity contribution in [2.24, 2.45) is 0 Å². The van der Waals surface area contributed by atoms with Gasteiger partial charge in [-0.2, -0.15) is 13.2 Å². The molecule has 0 N–H and O–H groups in total. The van der Waals surface area contributed by atoms with Gasteiger partial charge in [0.1, 0.15) is 29.9 Å². The van der Waals surface area contributed by atoms with Crippen LogP contribution in [0.1, 0.15) is 12.5 Å². The number of aromatic nitrogens is 1. The molecule has 0 fully saturated rings. The van der Waals surface area contributed by atoms with E-state index in [4.69, 9.17) is 18.7 Å². The van der Waals surface area contributed by atoms with E-state index in [2.05, 4.69) is 5.16 Å². The van der Waals surface area contributed by atoms with E-state index in [9.17, 15) is 13.2 Å². The van der Waals surface area contributed by atoms with Crippen molar-refractivity contribution in [3.63, 3.8) is 0 Å². The molecule has 5 nitrogen and oxygen atoms in total. The van der Waals surface area contributed by atoms with Crippen LogP contribution < -0.4 is 14.2 Å². The van der Waals surface area contributed by atoms with Gasteiger partial charge in [-0.1, -0.05) is 17.3 Å². The molecule has 158 valence electrons. The first-order valence-electron chi connectivity index (χ1n) is 9.55. The lowest BCUT2D eigenvalue weighted by atomic mass is 10.1. The fourth-order valence-electron chi connectivity index (χ4n) is 3.36. The summed E-state index contributed by atoms with van der Waals surface area (Å²) in [6.07, 6.45) is -4.43. The maximum atomic E-state index is 12.8. The van der Waals surface area contributed by atoms with E-state index in [0.717, 1.165) is 12.1 Å². The van der Waals surface area contributed by atoms with Crippen molar-refractivity contribution in [3.8, 4) is 34.3 Å². The minimum atomic E-state index is -4.39. The fourth-order valence-corrected chi connectivity index (χ4v) is 3.36. The highest BCUT2D eigenvalue weighted by atomic mass is 19.4. The third kappa shape index (κ3) is 3.76. The second-order valence-electron chi connectivity index (χ2n) is 7.21. The van der Waals surface area contributed by atoms with Gasteiger partial charge >= 0.3 is 6.18 Å². The van der Waals surface area contributed by atoms with Gasteiger partial charge < -0.3 is 18.7 Å². The summed E-state index contributed by atoms with van der Waals surface area (Å²) in [5.41, 5.74) is 0.733. The van der Waals surface area contributed by atoms with Gasteiger partial charge in [0.2, 0.25) is 0 Å². The molecular formula is C23H16F3NO4. The summed E-state index contributed by atoms with van der Waals surface area (Å²) in [6, 6.07) is 15.3. The molecule has 0 radical (unpaired) electrons. The van der Waals surface area contributed by atoms with Crippen molar-refractivity contribution in [2.75, 3.05) is 6.61 Å². The van der Waals surface area contributed by atoms with E-state index >= 15 is 0 Å². The monoisotopic (exact) mass is 427 g/mol. The van der Waals surface area contributed by atoms with Crippen molar-refractivity contribution in [1.82, 2.24) is 5.16 Å². The largest absolute Gasteiger partial charge is 0.486 e. The van der Waals surface area contributed by atoms with Gasteiger partial charge in [0, 0.05) is 23.1 Å². The van der Waals surface area contributed by atoms with Crippen LogP contribution in [0.5, 0.6) is 23.0 Å². The Morgan fingerprint density at radius 2 is 1.68 bits per heavy atom. The van der Waals surface area contributed by atoms with Crippen LogP contribution in [0.3, 0.4) is 0 Å². The quantitative estimate of drug-likeness (QED) is 0.375. The third-order valence-electron chi connectivity index (χ3n) is 4.88. The zero-order valence-corrected chi connectivity index (χ0v) is 16.3. The van der Waals surface area contributed by atoms with Gasteiger partial charge in [-0.05, 0) is 43.3 Å². The third-order valence-corrected chi connectivity index (χ3v) is 4.88. The van der Waals surface area contributed by atoms with E-state index < -0.39 is 11.7 Å². The molecule has 8 heteroatoms. The van der Waals surface area contributed by atoms with Gasteiger partial charge in [-0.3, -0.25) is 0 Å². The topological polar surface area (TPSA) is 53.7 Å². The van der Waals surface area contributed by atoms with Crippen LogP contribution in [0, 0.1) is 0 Å². The highest BCUT2D eigenvalue weighted by Crippen LogP contribution is 2.38. The molecule has 0 saturated heterocycles. The summed E-state index contributed by atoms with van der Waals surface area (Å²) in [5, 5.41) is 4.69. The molecule has 0 bridgehead atoms.